The molecule has 31 heavy (non-hydrogen) atoms. The zero-order chi connectivity index (χ0) is 22.8. The van der Waals surface area contributed by atoms with E-state index in [0.717, 1.165) is 36.4 Å². The molecular weight excluding hydrogens is 398 g/mol. The third-order valence-electron chi connectivity index (χ3n) is 5.03. The van der Waals surface area contributed by atoms with Crippen molar-refractivity contribution in [1.29, 1.82) is 0 Å². The predicted molar refractivity (Wildman–Crippen MR) is 120 cm³/mol. The maximum Gasteiger partial charge on any atom is 0.407 e. The second kappa shape index (κ2) is 8.95. The van der Waals surface area contributed by atoms with Crippen LogP contribution in [0.3, 0.4) is 0 Å². The SMILES string of the molecule is CC(C)=CCn1c(N2CCC[C@@H](NC(=O)OC(C)(C)C)C2)nc2ccc([N+](=O)[O-])cc21. The summed E-state index contributed by atoms with van der Waals surface area (Å²) in [6.45, 7) is 11.5. The number of hydrogen-bond donors (Lipinski definition) is 1. The Labute approximate surface area is 182 Å². The van der Waals surface area contributed by atoms with Gasteiger partial charge in [0, 0.05) is 37.8 Å². The molecule has 168 valence electrons. The molecule has 1 atom stereocenters. The van der Waals surface area contributed by atoms with Gasteiger partial charge in [0.2, 0.25) is 5.95 Å². The first-order chi connectivity index (χ1) is 14.5. The van der Waals surface area contributed by atoms with Crippen LogP contribution in [0.25, 0.3) is 11.0 Å². The Morgan fingerprint density at radius 1 is 1.39 bits per heavy atom. The van der Waals surface area contributed by atoms with Crippen LogP contribution in [0.4, 0.5) is 16.4 Å². The molecule has 0 unspecified atom stereocenters. The lowest BCUT2D eigenvalue weighted by molar-refractivity contribution is -0.384. The molecule has 1 aliphatic heterocycles. The van der Waals surface area contributed by atoms with Crippen molar-refractivity contribution in [1.82, 2.24) is 14.9 Å². The van der Waals surface area contributed by atoms with Gasteiger partial charge in [0.25, 0.3) is 5.69 Å². The van der Waals surface area contributed by atoms with Crippen LogP contribution in [0.5, 0.6) is 0 Å². The molecule has 1 N–H and O–H groups in total. The Balaban J connectivity index is 1.89. The highest BCUT2D eigenvalue weighted by Gasteiger charge is 2.27. The number of rotatable bonds is 5. The highest BCUT2D eigenvalue weighted by Crippen LogP contribution is 2.28. The minimum absolute atomic E-state index is 0.0421. The lowest BCUT2D eigenvalue weighted by Crippen LogP contribution is -2.49. The summed E-state index contributed by atoms with van der Waals surface area (Å²) < 4.78 is 7.40. The number of nitrogens with zero attached hydrogens (tertiary/aromatic N) is 4. The largest absolute Gasteiger partial charge is 0.444 e. The molecule has 0 saturated carbocycles. The summed E-state index contributed by atoms with van der Waals surface area (Å²) in [5.74, 6) is 0.753. The van der Waals surface area contributed by atoms with E-state index < -0.39 is 11.7 Å². The molecule has 9 heteroatoms. The van der Waals surface area contributed by atoms with E-state index in [1.165, 1.54) is 6.07 Å². The van der Waals surface area contributed by atoms with Crippen molar-refractivity contribution in [3.8, 4) is 0 Å². The second-order valence-electron chi connectivity index (χ2n) is 9.17. The molecule has 9 nitrogen and oxygen atoms in total. The molecule has 3 rings (SSSR count). The van der Waals surface area contributed by atoms with Crippen molar-refractivity contribution >= 4 is 28.8 Å². The highest BCUT2D eigenvalue weighted by molar-refractivity contribution is 5.81. The fourth-order valence-electron chi connectivity index (χ4n) is 3.66. The van der Waals surface area contributed by atoms with E-state index in [4.69, 9.17) is 9.72 Å². The number of carbonyl (C=O) groups excluding carboxylic acids is 1. The van der Waals surface area contributed by atoms with Crippen molar-refractivity contribution in [3.63, 3.8) is 0 Å². The number of hydrogen-bond acceptors (Lipinski definition) is 6. The van der Waals surface area contributed by atoms with Gasteiger partial charge in [-0.2, -0.15) is 0 Å². The maximum absolute atomic E-state index is 12.2. The number of amides is 1. The van der Waals surface area contributed by atoms with Crippen LogP contribution in [-0.2, 0) is 11.3 Å². The molecule has 0 aliphatic carbocycles. The number of aromatic nitrogens is 2. The van der Waals surface area contributed by atoms with Crippen LogP contribution >= 0.6 is 0 Å². The maximum atomic E-state index is 12.2. The Bertz CT molecular complexity index is 1000. The van der Waals surface area contributed by atoms with Gasteiger partial charge in [-0.15, -0.1) is 0 Å². The summed E-state index contributed by atoms with van der Waals surface area (Å²) in [5.41, 5.74) is 2.08. The van der Waals surface area contributed by atoms with Gasteiger partial charge in [0.05, 0.1) is 16.0 Å². The topological polar surface area (TPSA) is 103 Å². The zero-order valence-electron chi connectivity index (χ0n) is 18.8. The summed E-state index contributed by atoms with van der Waals surface area (Å²) in [4.78, 5) is 30.0. The van der Waals surface area contributed by atoms with Crippen LogP contribution in [0.15, 0.2) is 29.8 Å². The first-order valence-electron chi connectivity index (χ1n) is 10.6. The average molecular weight is 430 g/mol. The monoisotopic (exact) mass is 429 g/mol. The summed E-state index contributed by atoms with van der Waals surface area (Å²) in [6.07, 6.45) is 3.40. The van der Waals surface area contributed by atoms with Crippen molar-refractivity contribution < 1.29 is 14.5 Å². The van der Waals surface area contributed by atoms with E-state index in [-0.39, 0.29) is 16.7 Å². The van der Waals surface area contributed by atoms with E-state index in [1.807, 2.05) is 39.2 Å². The van der Waals surface area contributed by atoms with Gasteiger partial charge in [0.15, 0.2) is 0 Å². The standard InChI is InChI=1S/C22H31N5O4/c1-15(2)10-12-26-19-13-17(27(29)30)8-9-18(19)24-20(26)25-11-6-7-16(14-25)23-21(28)31-22(3,4)5/h8-10,13,16H,6-7,11-12,14H2,1-5H3,(H,23,28)/t16-/m1/s1. The number of benzene rings is 1. The van der Waals surface area contributed by atoms with Gasteiger partial charge < -0.3 is 19.5 Å². The van der Waals surface area contributed by atoms with E-state index in [1.54, 1.807) is 12.1 Å². The Hall–Kier alpha value is -3.10. The van der Waals surface area contributed by atoms with Crippen LogP contribution in [-0.4, -0.2) is 45.3 Å². The normalized spacial score (nSPS) is 16.8. The third-order valence-corrected chi connectivity index (χ3v) is 5.03. The fraction of sp³-hybridized carbons (Fsp3) is 0.545. The summed E-state index contributed by atoms with van der Waals surface area (Å²) in [5, 5.41) is 14.2. The number of ether oxygens (including phenoxy) is 1. The molecule has 1 amide bonds. The molecule has 2 heterocycles. The van der Waals surface area contributed by atoms with Crippen LogP contribution in [0.2, 0.25) is 0 Å². The van der Waals surface area contributed by atoms with E-state index in [9.17, 15) is 14.9 Å². The highest BCUT2D eigenvalue weighted by atomic mass is 16.6. The summed E-state index contributed by atoms with van der Waals surface area (Å²) in [7, 11) is 0. The van der Waals surface area contributed by atoms with Crippen molar-refractivity contribution in [3.05, 3.63) is 40.0 Å². The predicted octanol–water partition coefficient (Wildman–Crippen LogP) is 4.40. The van der Waals surface area contributed by atoms with E-state index >= 15 is 0 Å². The molecule has 1 aromatic carbocycles. The zero-order valence-corrected chi connectivity index (χ0v) is 18.8. The second-order valence-corrected chi connectivity index (χ2v) is 9.17. The number of piperidine rings is 1. The van der Waals surface area contributed by atoms with Crippen LogP contribution in [0.1, 0.15) is 47.5 Å². The minimum Gasteiger partial charge on any atom is -0.444 e. The number of carbonyl (C=O) groups is 1. The number of nitro groups is 1. The average Bonchev–Trinajstić information content (AvgIpc) is 3.02. The molecule has 2 aromatic rings. The van der Waals surface area contributed by atoms with Crippen LogP contribution in [0, 0.1) is 10.1 Å². The Kier molecular flexibility index (Phi) is 6.52. The first kappa shape index (κ1) is 22.6. The molecule has 0 radical (unpaired) electrons. The fourth-order valence-corrected chi connectivity index (χ4v) is 3.66. The van der Waals surface area contributed by atoms with Gasteiger partial charge in [-0.1, -0.05) is 11.6 Å². The number of nitro benzene ring substituents is 1. The van der Waals surface area contributed by atoms with Gasteiger partial charge in [-0.3, -0.25) is 10.1 Å². The summed E-state index contributed by atoms with van der Waals surface area (Å²) >= 11 is 0. The molecule has 0 spiro atoms. The lowest BCUT2D eigenvalue weighted by Gasteiger charge is -2.34. The molecular formula is C22H31N5O4. The summed E-state index contributed by atoms with van der Waals surface area (Å²) in [6, 6.07) is 4.68. The van der Waals surface area contributed by atoms with Gasteiger partial charge >= 0.3 is 6.09 Å². The third kappa shape index (κ3) is 5.74. The minimum atomic E-state index is -0.550. The molecule has 1 aromatic heterocycles. The number of nitrogens with one attached hydrogen (secondary N) is 1. The van der Waals surface area contributed by atoms with E-state index in [2.05, 4.69) is 16.3 Å². The molecule has 0 bridgehead atoms. The smallest absolute Gasteiger partial charge is 0.407 e. The van der Waals surface area contributed by atoms with E-state index in [0.29, 0.717) is 18.6 Å². The van der Waals surface area contributed by atoms with Crippen LogP contribution < -0.4 is 10.2 Å². The van der Waals surface area contributed by atoms with Gasteiger partial charge in [0.1, 0.15) is 5.60 Å². The molecule has 1 fully saturated rings. The van der Waals surface area contributed by atoms with Gasteiger partial charge in [-0.05, 0) is 53.5 Å². The Morgan fingerprint density at radius 3 is 2.77 bits per heavy atom. The number of non-ortho nitro benzene ring substituents is 1. The number of imidazole rings is 1. The van der Waals surface area contributed by atoms with Gasteiger partial charge in [-0.25, -0.2) is 9.78 Å². The van der Waals surface area contributed by atoms with Crippen molar-refractivity contribution in [2.24, 2.45) is 0 Å². The Morgan fingerprint density at radius 2 is 2.13 bits per heavy atom. The van der Waals surface area contributed by atoms with Crippen molar-refractivity contribution in [2.75, 3.05) is 18.0 Å². The molecule has 1 saturated heterocycles. The quantitative estimate of drug-likeness (QED) is 0.429. The number of anilines is 1. The number of alkyl carbamates (subject to hydrolysis) is 1. The van der Waals surface area contributed by atoms with Crippen molar-refractivity contribution in [2.45, 2.75) is 65.6 Å². The molecule has 1 aliphatic rings. The lowest BCUT2D eigenvalue weighted by atomic mass is 10.1. The first-order valence-corrected chi connectivity index (χ1v) is 10.6. The number of fused-ring (bicyclic) bond motifs is 1. The number of allylic oxidation sites excluding steroid dienone is 2.